The fourth-order valence-electron chi connectivity index (χ4n) is 3.16. The van der Waals surface area contributed by atoms with Gasteiger partial charge in [-0.3, -0.25) is 9.48 Å². The highest BCUT2D eigenvalue weighted by atomic mass is 19.1. The normalized spacial score (nSPS) is 16.8. The monoisotopic (exact) mass is 331 g/mol. The molecular weight excluding hydrogens is 309 g/mol. The second-order valence-electron chi connectivity index (χ2n) is 6.09. The lowest BCUT2D eigenvalue weighted by Gasteiger charge is -2.36. The number of hydrogen-bond acceptors (Lipinski definition) is 3. The second kappa shape index (κ2) is 7.13. The number of carbonyl (C=O) groups is 1. The van der Waals surface area contributed by atoms with Crippen LogP contribution in [0.3, 0.4) is 0 Å². The zero-order valence-electron chi connectivity index (χ0n) is 13.8. The number of amides is 1. The van der Waals surface area contributed by atoms with Crippen LogP contribution >= 0.6 is 0 Å². The summed E-state index contributed by atoms with van der Waals surface area (Å²) in [7, 11) is 0. The zero-order valence-corrected chi connectivity index (χ0v) is 13.8. The maximum Gasteiger partial charge on any atom is 0.231 e. The van der Waals surface area contributed by atoms with Gasteiger partial charge < -0.3 is 10.1 Å². The Morgan fingerprint density at radius 1 is 1.33 bits per heavy atom. The van der Waals surface area contributed by atoms with Gasteiger partial charge in [0.05, 0.1) is 11.6 Å². The summed E-state index contributed by atoms with van der Waals surface area (Å²) in [6.45, 7) is 4.30. The van der Waals surface area contributed by atoms with E-state index in [1.165, 1.54) is 12.1 Å². The molecule has 0 saturated carbocycles. The molecule has 0 aliphatic carbocycles. The first kappa shape index (κ1) is 16.6. The molecule has 6 heteroatoms. The van der Waals surface area contributed by atoms with Gasteiger partial charge in [-0.05, 0) is 37.5 Å². The van der Waals surface area contributed by atoms with Crippen molar-refractivity contribution >= 4 is 5.91 Å². The number of nitrogens with one attached hydrogen (secondary N) is 1. The largest absolute Gasteiger partial charge is 0.381 e. The fraction of sp³-hybridized carbons (Fsp3) is 0.444. The van der Waals surface area contributed by atoms with E-state index in [1.54, 1.807) is 18.3 Å². The summed E-state index contributed by atoms with van der Waals surface area (Å²) in [6.07, 6.45) is 4.88. The first-order valence-electron chi connectivity index (χ1n) is 8.27. The van der Waals surface area contributed by atoms with Gasteiger partial charge in [-0.15, -0.1) is 0 Å². The molecule has 2 heterocycles. The van der Waals surface area contributed by atoms with E-state index in [9.17, 15) is 9.18 Å². The van der Waals surface area contributed by atoms with Gasteiger partial charge in [0, 0.05) is 38.1 Å². The van der Waals surface area contributed by atoms with Crippen molar-refractivity contribution in [3.8, 4) is 0 Å². The summed E-state index contributed by atoms with van der Waals surface area (Å²) in [4.78, 5) is 13.0. The third-order valence-corrected chi connectivity index (χ3v) is 4.64. The van der Waals surface area contributed by atoms with Crippen LogP contribution in [0.1, 0.15) is 30.9 Å². The maximum absolute atomic E-state index is 13.3. The van der Waals surface area contributed by atoms with Gasteiger partial charge in [0.2, 0.25) is 5.91 Å². The van der Waals surface area contributed by atoms with E-state index in [-0.39, 0.29) is 11.7 Å². The SMILES string of the molecule is CCn1cc(CNC(=O)C2(c3ccc(F)cc3)CCOCC2)cn1. The molecule has 1 fully saturated rings. The Hall–Kier alpha value is -2.21. The molecule has 24 heavy (non-hydrogen) atoms. The van der Waals surface area contributed by atoms with E-state index < -0.39 is 5.41 Å². The highest BCUT2D eigenvalue weighted by Crippen LogP contribution is 2.35. The standard InChI is InChI=1S/C18H22FN3O2/c1-2-22-13-14(12-21-22)11-20-17(23)18(7-9-24-10-8-18)15-3-5-16(19)6-4-15/h3-6,12-13H,2,7-11H2,1H3,(H,20,23). The molecule has 128 valence electrons. The minimum absolute atomic E-state index is 0.0401. The average molecular weight is 331 g/mol. The molecule has 0 spiro atoms. The number of ether oxygens (including phenoxy) is 1. The number of carbonyl (C=O) groups excluding carboxylic acids is 1. The molecule has 1 N–H and O–H groups in total. The first-order chi connectivity index (χ1) is 11.6. The van der Waals surface area contributed by atoms with Crippen molar-refractivity contribution in [1.29, 1.82) is 0 Å². The van der Waals surface area contributed by atoms with E-state index >= 15 is 0 Å². The van der Waals surface area contributed by atoms with Crippen molar-refractivity contribution in [3.05, 3.63) is 53.6 Å². The van der Waals surface area contributed by atoms with Gasteiger partial charge in [-0.25, -0.2) is 4.39 Å². The van der Waals surface area contributed by atoms with Crippen LogP contribution in [0.15, 0.2) is 36.7 Å². The zero-order chi connectivity index (χ0) is 17.0. The quantitative estimate of drug-likeness (QED) is 0.915. The Balaban J connectivity index is 1.77. The van der Waals surface area contributed by atoms with E-state index in [4.69, 9.17) is 4.74 Å². The molecule has 0 atom stereocenters. The van der Waals surface area contributed by atoms with Crippen LogP contribution in [-0.2, 0) is 28.0 Å². The summed E-state index contributed by atoms with van der Waals surface area (Å²) in [5, 5.41) is 7.23. The van der Waals surface area contributed by atoms with Crippen molar-refractivity contribution in [2.75, 3.05) is 13.2 Å². The summed E-state index contributed by atoms with van der Waals surface area (Å²) >= 11 is 0. The molecular formula is C18H22FN3O2. The minimum atomic E-state index is -0.660. The smallest absolute Gasteiger partial charge is 0.231 e. The summed E-state index contributed by atoms with van der Waals surface area (Å²) < 4.78 is 20.5. The highest BCUT2D eigenvalue weighted by molar-refractivity contribution is 5.88. The lowest BCUT2D eigenvalue weighted by molar-refractivity contribution is -0.130. The number of halogens is 1. The van der Waals surface area contributed by atoms with Crippen LogP contribution in [0.5, 0.6) is 0 Å². The molecule has 0 radical (unpaired) electrons. The van der Waals surface area contributed by atoms with Crippen LogP contribution in [0.4, 0.5) is 4.39 Å². The molecule has 1 aliphatic heterocycles. The van der Waals surface area contributed by atoms with Crippen molar-refractivity contribution < 1.29 is 13.9 Å². The van der Waals surface area contributed by atoms with Gasteiger partial charge in [-0.1, -0.05) is 12.1 Å². The number of nitrogens with zero attached hydrogens (tertiary/aromatic N) is 2. The number of aryl methyl sites for hydroxylation is 1. The predicted octanol–water partition coefficient (Wildman–Crippen LogP) is 2.41. The summed E-state index contributed by atoms with van der Waals surface area (Å²) in [5.74, 6) is -0.338. The molecule has 5 nitrogen and oxygen atoms in total. The van der Waals surface area contributed by atoms with Gasteiger partial charge in [-0.2, -0.15) is 5.10 Å². The van der Waals surface area contributed by atoms with Crippen LogP contribution in [0.25, 0.3) is 0 Å². The lowest BCUT2D eigenvalue weighted by atomic mass is 9.73. The lowest BCUT2D eigenvalue weighted by Crippen LogP contribution is -2.47. The molecule has 0 bridgehead atoms. The van der Waals surface area contributed by atoms with Crippen molar-refractivity contribution in [3.63, 3.8) is 0 Å². The van der Waals surface area contributed by atoms with E-state index in [1.807, 2.05) is 17.8 Å². The van der Waals surface area contributed by atoms with Crippen LogP contribution in [0, 0.1) is 5.82 Å². The van der Waals surface area contributed by atoms with Crippen molar-refractivity contribution in [1.82, 2.24) is 15.1 Å². The topological polar surface area (TPSA) is 56.2 Å². The number of hydrogen-bond donors (Lipinski definition) is 1. The molecule has 1 aromatic heterocycles. The molecule has 0 unspecified atom stereocenters. The molecule has 1 saturated heterocycles. The minimum Gasteiger partial charge on any atom is -0.381 e. The Kier molecular flexibility index (Phi) is 4.94. The summed E-state index contributed by atoms with van der Waals surface area (Å²) in [6, 6.07) is 6.22. The molecule has 1 amide bonds. The number of benzene rings is 1. The number of aromatic nitrogens is 2. The second-order valence-corrected chi connectivity index (χ2v) is 6.09. The Morgan fingerprint density at radius 3 is 2.67 bits per heavy atom. The van der Waals surface area contributed by atoms with Gasteiger partial charge in [0.25, 0.3) is 0 Å². The van der Waals surface area contributed by atoms with Gasteiger partial charge >= 0.3 is 0 Å². The Labute approximate surface area is 140 Å². The average Bonchev–Trinajstić information content (AvgIpc) is 3.09. The van der Waals surface area contributed by atoms with E-state index in [0.29, 0.717) is 32.6 Å². The van der Waals surface area contributed by atoms with Crippen LogP contribution < -0.4 is 5.32 Å². The fourth-order valence-corrected chi connectivity index (χ4v) is 3.16. The van der Waals surface area contributed by atoms with Crippen LogP contribution in [0.2, 0.25) is 0 Å². The first-order valence-corrected chi connectivity index (χ1v) is 8.27. The summed E-state index contributed by atoms with van der Waals surface area (Å²) in [5.41, 5.74) is 1.15. The third-order valence-electron chi connectivity index (χ3n) is 4.64. The maximum atomic E-state index is 13.3. The Morgan fingerprint density at radius 2 is 2.04 bits per heavy atom. The third kappa shape index (κ3) is 3.33. The van der Waals surface area contributed by atoms with Crippen molar-refractivity contribution in [2.24, 2.45) is 0 Å². The highest BCUT2D eigenvalue weighted by Gasteiger charge is 2.41. The van der Waals surface area contributed by atoms with Crippen LogP contribution in [-0.4, -0.2) is 28.9 Å². The molecule has 1 aliphatic rings. The molecule has 3 rings (SSSR count). The van der Waals surface area contributed by atoms with E-state index in [2.05, 4.69) is 10.4 Å². The van der Waals surface area contributed by atoms with Gasteiger partial charge in [0.1, 0.15) is 5.82 Å². The predicted molar refractivity (Wildman–Crippen MR) is 87.9 cm³/mol. The van der Waals surface area contributed by atoms with E-state index in [0.717, 1.165) is 17.7 Å². The molecule has 1 aromatic carbocycles. The number of rotatable bonds is 5. The molecule has 2 aromatic rings. The van der Waals surface area contributed by atoms with Crippen molar-refractivity contribution in [2.45, 2.75) is 38.3 Å². The Bertz CT molecular complexity index is 691. The van der Waals surface area contributed by atoms with Gasteiger partial charge in [0.15, 0.2) is 0 Å².